The third-order valence-corrected chi connectivity index (χ3v) is 3.26. The van der Waals surface area contributed by atoms with Gasteiger partial charge < -0.3 is 10.3 Å². The number of imidazole rings is 1. The summed E-state index contributed by atoms with van der Waals surface area (Å²) in [5.41, 5.74) is 1.47. The van der Waals surface area contributed by atoms with E-state index in [9.17, 15) is 26.3 Å². The molecule has 3 nitrogen and oxygen atoms in total. The van der Waals surface area contributed by atoms with E-state index in [0.29, 0.717) is 6.07 Å². The summed E-state index contributed by atoms with van der Waals surface area (Å²) in [4.78, 5) is 3.64. The molecule has 0 aliphatic carbocycles. The first-order valence-electron chi connectivity index (χ1n) is 5.75. The maximum absolute atomic E-state index is 12.9. The molecular formula is C12H11F6N3. The minimum atomic E-state index is -4.78. The summed E-state index contributed by atoms with van der Waals surface area (Å²) < 4.78 is 77.7. The van der Waals surface area contributed by atoms with Crippen LogP contribution in [0.2, 0.25) is 0 Å². The van der Waals surface area contributed by atoms with E-state index in [0.717, 1.165) is 23.6 Å². The second-order valence-corrected chi connectivity index (χ2v) is 4.90. The zero-order valence-electron chi connectivity index (χ0n) is 11.0. The Kier molecular flexibility index (Phi) is 3.24. The van der Waals surface area contributed by atoms with Crippen molar-refractivity contribution >= 4 is 11.0 Å². The number of rotatable bonds is 1. The molecule has 9 heteroatoms. The molecule has 2 aromatic rings. The van der Waals surface area contributed by atoms with Gasteiger partial charge >= 0.3 is 12.4 Å². The molecule has 0 fully saturated rings. The highest BCUT2D eigenvalue weighted by Gasteiger charge is 2.52. The molecule has 1 atom stereocenters. The maximum atomic E-state index is 12.9. The van der Waals surface area contributed by atoms with E-state index in [-0.39, 0.29) is 11.0 Å². The van der Waals surface area contributed by atoms with Crippen molar-refractivity contribution in [1.29, 1.82) is 0 Å². The van der Waals surface area contributed by atoms with E-state index in [1.54, 1.807) is 0 Å². The lowest BCUT2D eigenvalue weighted by molar-refractivity contribution is -0.186. The Morgan fingerprint density at radius 3 is 2.14 bits per heavy atom. The molecule has 1 unspecified atom stereocenters. The van der Waals surface area contributed by atoms with Gasteiger partial charge in [-0.2, -0.15) is 26.3 Å². The van der Waals surface area contributed by atoms with Crippen LogP contribution in [0.1, 0.15) is 18.3 Å². The summed E-state index contributed by atoms with van der Waals surface area (Å²) in [7, 11) is 1.27. The Morgan fingerprint density at radius 1 is 1.10 bits per heavy atom. The minimum absolute atomic E-state index is 0.138. The second kappa shape index (κ2) is 4.36. The predicted molar refractivity (Wildman–Crippen MR) is 63.3 cm³/mol. The molecule has 1 aromatic carbocycles. The van der Waals surface area contributed by atoms with Gasteiger partial charge in [0.1, 0.15) is 5.82 Å². The van der Waals surface area contributed by atoms with Gasteiger partial charge in [-0.15, -0.1) is 0 Å². The van der Waals surface area contributed by atoms with Crippen molar-refractivity contribution in [2.24, 2.45) is 12.8 Å². The molecule has 116 valence electrons. The first-order valence-corrected chi connectivity index (χ1v) is 5.75. The lowest BCUT2D eigenvalue weighted by Gasteiger charge is -2.26. The van der Waals surface area contributed by atoms with Gasteiger partial charge in [0.15, 0.2) is 5.54 Å². The molecule has 0 spiro atoms. The van der Waals surface area contributed by atoms with Crippen LogP contribution < -0.4 is 5.73 Å². The number of benzene rings is 1. The van der Waals surface area contributed by atoms with E-state index < -0.39 is 29.3 Å². The van der Waals surface area contributed by atoms with Gasteiger partial charge in [-0.25, -0.2) is 4.98 Å². The maximum Gasteiger partial charge on any atom is 0.416 e. The SMILES string of the molecule is Cn1c(C(C)(N)C(F)(F)F)nc2cc(C(F)(F)F)ccc21. The lowest BCUT2D eigenvalue weighted by Crippen LogP contribution is -2.49. The van der Waals surface area contributed by atoms with Crippen LogP contribution in [0, 0.1) is 0 Å². The second-order valence-electron chi connectivity index (χ2n) is 4.90. The Balaban J connectivity index is 2.67. The largest absolute Gasteiger partial charge is 0.416 e. The molecule has 0 bridgehead atoms. The zero-order chi connectivity index (χ0) is 16.2. The third-order valence-electron chi connectivity index (χ3n) is 3.26. The van der Waals surface area contributed by atoms with Gasteiger partial charge in [-0.05, 0) is 25.1 Å². The predicted octanol–water partition coefficient (Wildman–Crippen LogP) is 3.33. The van der Waals surface area contributed by atoms with Crippen LogP contribution in [0.25, 0.3) is 11.0 Å². The van der Waals surface area contributed by atoms with Crippen LogP contribution in [0.3, 0.4) is 0 Å². The molecular weight excluding hydrogens is 300 g/mol. The van der Waals surface area contributed by atoms with E-state index in [2.05, 4.69) is 4.98 Å². The molecule has 0 saturated carbocycles. The topological polar surface area (TPSA) is 43.8 Å². The van der Waals surface area contributed by atoms with Crippen molar-refractivity contribution < 1.29 is 26.3 Å². The quantitative estimate of drug-likeness (QED) is 0.821. The van der Waals surface area contributed by atoms with Crippen LogP contribution in [0.15, 0.2) is 18.2 Å². The fourth-order valence-corrected chi connectivity index (χ4v) is 1.97. The molecule has 1 aromatic heterocycles. The van der Waals surface area contributed by atoms with Crippen LogP contribution in [-0.2, 0) is 18.8 Å². The van der Waals surface area contributed by atoms with Crippen molar-refractivity contribution in [1.82, 2.24) is 9.55 Å². The summed E-state index contributed by atoms with van der Waals surface area (Å²) >= 11 is 0. The number of fused-ring (bicyclic) bond motifs is 1. The Bertz CT molecular complexity index is 681. The highest BCUT2D eigenvalue weighted by atomic mass is 19.4. The summed E-state index contributed by atoms with van der Waals surface area (Å²) in [6.07, 6.45) is -9.38. The number of halogens is 6. The number of aryl methyl sites for hydroxylation is 1. The van der Waals surface area contributed by atoms with Gasteiger partial charge in [0, 0.05) is 7.05 Å². The monoisotopic (exact) mass is 311 g/mol. The van der Waals surface area contributed by atoms with Crippen molar-refractivity contribution in [3.63, 3.8) is 0 Å². The summed E-state index contributed by atoms with van der Waals surface area (Å²) in [5, 5.41) is 0. The minimum Gasteiger partial charge on any atom is -0.329 e. The first-order chi connectivity index (χ1) is 9.35. The molecule has 1 heterocycles. The van der Waals surface area contributed by atoms with Crippen molar-refractivity contribution in [3.05, 3.63) is 29.6 Å². The highest BCUT2D eigenvalue weighted by Crippen LogP contribution is 2.37. The molecule has 0 aliphatic rings. The van der Waals surface area contributed by atoms with E-state index in [1.165, 1.54) is 7.05 Å². The summed E-state index contributed by atoms with van der Waals surface area (Å²) in [6, 6.07) is 2.56. The fourth-order valence-electron chi connectivity index (χ4n) is 1.97. The van der Waals surface area contributed by atoms with Crippen LogP contribution in [-0.4, -0.2) is 15.7 Å². The van der Waals surface area contributed by atoms with Gasteiger partial charge in [0.2, 0.25) is 0 Å². The van der Waals surface area contributed by atoms with Crippen molar-refractivity contribution in [2.45, 2.75) is 24.8 Å². The number of alkyl halides is 6. The smallest absolute Gasteiger partial charge is 0.329 e. The van der Waals surface area contributed by atoms with E-state index >= 15 is 0 Å². The van der Waals surface area contributed by atoms with E-state index in [4.69, 9.17) is 5.73 Å². The van der Waals surface area contributed by atoms with Gasteiger partial charge in [0.25, 0.3) is 0 Å². The first kappa shape index (κ1) is 15.6. The number of hydrogen-bond acceptors (Lipinski definition) is 2. The molecule has 0 saturated heterocycles. The normalized spacial score (nSPS) is 16.2. The number of nitrogens with two attached hydrogens (primary N) is 1. The highest BCUT2D eigenvalue weighted by molar-refractivity contribution is 5.77. The van der Waals surface area contributed by atoms with Crippen LogP contribution in [0.5, 0.6) is 0 Å². The molecule has 2 N–H and O–H groups in total. The lowest BCUT2D eigenvalue weighted by atomic mass is 10.0. The molecule has 0 amide bonds. The van der Waals surface area contributed by atoms with Crippen LogP contribution in [0.4, 0.5) is 26.3 Å². The Hall–Kier alpha value is -1.77. The van der Waals surface area contributed by atoms with Gasteiger partial charge in [-0.1, -0.05) is 0 Å². The number of nitrogens with zero attached hydrogens (tertiary/aromatic N) is 2. The fraction of sp³-hybridized carbons (Fsp3) is 0.417. The standard InChI is InChI=1S/C12H11F6N3/c1-10(19,12(16,17)18)9-20-7-5-6(11(13,14)15)3-4-8(7)21(9)2/h3-5H,19H2,1-2H3. The molecule has 0 aliphatic heterocycles. The number of hydrogen-bond donors (Lipinski definition) is 1. The van der Waals surface area contributed by atoms with Crippen LogP contribution >= 0.6 is 0 Å². The van der Waals surface area contributed by atoms with Crippen molar-refractivity contribution in [2.75, 3.05) is 0 Å². The van der Waals surface area contributed by atoms with E-state index in [1.807, 2.05) is 0 Å². The Morgan fingerprint density at radius 2 is 1.67 bits per heavy atom. The van der Waals surface area contributed by atoms with Gasteiger partial charge in [-0.3, -0.25) is 0 Å². The average molecular weight is 311 g/mol. The van der Waals surface area contributed by atoms with Gasteiger partial charge in [0.05, 0.1) is 16.6 Å². The number of aromatic nitrogens is 2. The summed E-state index contributed by atoms with van der Waals surface area (Å²) in [6.45, 7) is 0.721. The average Bonchev–Trinajstić information content (AvgIpc) is 2.64. The Labute approximate surface area is 115 Å². The molecule has 21 heavy (non-hydrogen) atoms. The summed E-state index contributed by atoms with van der Waals surface area (Å²) in [5.74, 6) is -0.552. The zero-order valence-corrected chi connectivity index (χ0v) is 11.0. The molecule has 2 rings (SSSR count). The third kappa shape index (κ3) is 2.45. The van der Waals surface area contributed by atoms with Crippen molar-refractivity contribution in [3.8, 4) is 0 Å². The molecule has 0 radical (unpaired) electrons.